The summed E-state index contributed by atoms with van der Waals surface area (Å²) in [7, 11) is 3.94. The van der Waals surface area contributed by atoms with Crippen molar-refractivity contribution < 1.29 is 13.6 Å². The molecule has 158 valence electrons. The number of hydrogen-bond acceptors (Lipinski definition) is 7. The lowest BCUT2D eigenvalue weighted by atomic mass is 10.2. The minimum absolute atomic E-state index is 0.000949. The third kappa shape index (κ3) is 5.26. The van der Waals surface area contributed by atoms with Gasteiger partial charge in [-0.2, -0.15) is 10.1 Å². The second-order valence-electron chi connectivity index (χ2n) is 6.79. The molecule has 0 bridgehead atoms. The zero-order valence-corrected chi connectivity index (χ0v) is 16.6. The molecule has 2 heterocycles. The van der Waals surface area contributed by atoms with Gasteiger partial charge in [-0.1, -0.05) is 6.07 Å². The van der Waals surface area contributed by atoms with Crippen LogP contribution in [0.15, 0.2) is 36.8 Å². The first-order chi connectivity index (χ1) is 14.3. The van der Waals surface area contributed by atoms with Gasteiger partial charge >= 0.3 is 0 Å². The first-order valence-corrected chi connectivity index (χ1v) is 9.11. The third-order valence-corrected chi connectivity index (χ3v) is 4.21. The number of benzene rings is 1. The summed E-state index contributed by atoms with van der Waals surface area (Å²) >= 11 is 0. The van der Waals surface area contributed by atoms with Gasteiger partial charge < -0.3 is 21.3 Å². The van der Waals surface area contributed by atoms with Crippen LogP contribution in [0.1, 0.15) is 15.9 Å². The van der Waals surface area contributed by atoms with Gasteiger partial charge in [-0.15, -0.1) is 0 Å². The fourth-order valence-electron chi connectivity index (χ4n) is 2.61. The summed E-state index contributed by atoms with van der Waals surface area (Å²) in [5.74, 6) is -1.96. The fourth-order valence-corrected chi connectivity index (χ4v) is 2.61. The van der Waals surface area contributed by atoms with Crippen LogP contribution in [-0.4, -0.2) is 51.2 Å². The van der Waals surface area contributed by atoms with E-state index in [2.05, 4.69) is 25.7 Å². The molecule has 0 saturated carbocycles. The molecule has 2 aromatic heterocycles. The van der Waals surface area contributed by atoms with Crippen molar-refractivity contribution in [3.63, 3.8) is 0 Å². The number of nitrogens with zero attached hydrogens (tertiary/aromatic N) is 5. The molecule has 11 heteroatoms. The summed E-state index contributed by atoms with van der Waals surface area (Å²) in [5, 5.41) is 9.99. The van der Waals surface area contributed by atoms with E-state index in [0.717, 1.165) is 18.7 Å². The van der Waals surface area contributed by atoms with Crippen LogP contribution < -0.4 is 16.4 Å². The first kappa shape index (κ1) is 21.1. The van der Waals surface area contributed by atoms with Crippen LogP contribution in [0.4, 0.5) is 26.2 Å². The summed E-state index contributed by atoms with van der Waals surface area (Å²) in [6.45, 7) is 1.31. The van der Waals surface area contributed by atoms with E-state index in [-0.39, 0.29) is 29.4 Å². The smallest absolute Gasteiger partial charge is 0.254 e. The second kappa shape index (κ2) is 9.27. The molecule has 0 spiro atoms. The average molecular weight is 416 g/mol. The van der Waals surface area contributed by atoms with Gasteiger partial charge in [0.1, 0.15) is 17.5 Å². The van der Waals surface area contributed by atoms with Crippen LogP contribution in [0.25, 0.3) is 0 Å². The number of rotatable bonds is 9. The summed E-state index contributed by atoms with van der Waals surface area (Å²) in [6, 6.07) is 3.57. The lowest BCUT2D eigenvalue weighted by Crippen LogP contribution is -2.18. The number of carbonyl (C=O) groups is 1. The Morgan fingerprint density at radius 2 is 1.97 bits per heavy atom. The van der Waals surface area contributed by atoms with Gasteiger partial charge in [0.2, 0.25) is 5.95 Å². The van der Waals surface area contributed by atoms with Gasteiger partial charge in [-0.05, 0) is 26.2 Å². The Kier molecular flexibility index (Phi) is 6.52. The lowest BCUT2D eigenvalue weighted by Gasteiger charge is -2.12. The molecular weight excluding hydrogens is 394 g/mol. The zero-order valence-electron chi connectivity index (χ0n) is 16.6. The van der Waals surface area contributed by atoms with Crippen molar-refractivity contribution in [1.82, 2.24) is 24.6 Å². The largest absolute Gasteiger partial charge is 0.365 e. The van der Waals surface area contributed by atoms with Crippen molar-refractivity contribution in [2.24, 2.45) is 5.73 Å². The number of hydrogen-bond donors (Lipinski definition) is 3. The van der Waals surface area contributed by atoms with E-state index in [1.165, 1.54) is 12.3 Å². The Morgan fingerprint density at radius 1 is 1.23 bits per heavy atom. The Labute approximate surface area is 171 Å². The van der Waals surface area contributed by atoms with Crippen molar-refractivity contribution in [2.45, 2.75) is 13.1 Å². The SMILES string of the molecule is CN(C)CCn1cc(Nc2ncc(C(N)=O)c(NCc3c(F)cccc3F)n2)cn1. The second-order valence-corrected chi connectivity index (χ2v) is 6.79. The summed E-state index contributed by atoms with van der Waals surface area (Å²) in [4.78, 5) is 22.0. The molecule has 0 aliphatic heterocycles. The quantitative estimate of drug-likeness (QED) is 0.489. The summed E-state index contributed by atoms with van der Waals surface area (Å²) in [6.07, 6.45) is 4.65. The number of likely N-dealkylation sites (N-methyl/N-ethyl adjacent to an activating group) is 1. The number of anilines is 3. The third-order valence-electron chi connectivity index (χ3n) is 4.21. The van der Waals surface area contributed by atoms with Crippen molar-refractivity contribution >= 4 is 23.4 Å². The van der Waals surface area contributed by atoms with E-state index in [9.17, 15) is 13.6 Å². The maximum absolute atomic E-state index is 13.9. The molecule has 30 heavy (non-hydrogen) atoms. The number of primary amides is 1. The number of amides is 1. The predicted octanol–water partition coefficient (Wildman–Crippen LogP) is 1.97. The van der Waals surface area contributed by atoms with Gasteiger partial charge in [-0.25, -0.2) is 13.8 Å². The molecule has 0 fully saturated rings. The van der Waals surface area contributed by atoms with E-state index < -0.39 is 17.5 Å². The van der Waals surface area contributed by atoms with Gasteiger partial charge in [0.05, 0.1) is 24.0 Å². The highest BCUT2D eigenvalue weighted by Gasteiger charge is 2.15. The van der Waals surface area contributed by atoms with Gasteiger partial charge in [-0.3, -0.25) is 9.48 Å². The molecule has 0 atom stereocenters. The topological polar surface area (TPSA) is 114 Å². The number of nitrogens with two attached hydrogens (primary N) is 1. The van der Waals surface area contributed by atoms with Gasteiger partial charge in [0.25, 0.3) is 5.91 Å². The van der Waals surface area contributed by atoms with Crippen molar-refractivity contribution in [3.8, 4) is 0 Å². The molecule has 4 N–H and O–H groups in total. The van der Waals surface area contributed by atoms with Crippen molar-refractivity contribution in [1.29, 1.82) is 0 Å². The Morgan fingerprint density at radius 3 is 2.63 bits per heavy atom. The van der Waals surface area contributed by atoms with Crippen LogP contribution in [0, 0.1) is 11.6 Å². The molecule has 0 aliphatic carbocycles. The summed E-state index contributed by atoms with van der Waals surface area (Å²) in [5.41, 5.74) is 5.83. The number of halogens is 2. The zero-order chi connectivity index (χ0) is 21.7. The number of aromatic nitrogens is 4. The molecule has 0 unspecified atom stereocenters. The van der Waals surface area contributed by atoms with Crippen molar-refractivity contribution in [3.05, 3.63) is 59.6 Å². The minimum Gasteiger partial charge on any atom is -0.365 e. The predicted molar refractivity (Wildman–Crippen MR) is 108 cm³/mol. The molecular formula is C19H22F2N8O. The molecule has 3 rings (SSSR count). The molecule has 1 amide bonds. The fraction of sp³-hybridized carbons (Fsp3) is 0.263. The van der Waals surface area contributed by atoms with Crippen LogP contribution in [0.3, 0.4) is 0 Å². The normalized spacial score (nSPS) is 11.0. The standard InChI is InChI=1S/C19H22F2N8O/c1-28(2)6-7-29-11-12(8-25-29)26-19-24-10-14(17(22)30)18(27-19)23-9-13-15(20)4-3-5-16(13)21/h3-5,8,10-11H,6-7,9H2,1-2H3,(H2,22,30)(H2,23,24,26,27). The maximum Gasteiger partial charge on any atom is 0.254 e. The van der Waals surface area contributed by atoms with Gasteiger partial charge in [0, 0.05) is 31.0 Å². The number of carbonyl (C=O) groups excluding carboxylic acids is 1. The molecule has 9 nitrogen and oxygen atoms in total. The highest BCUT2D eigenvalue weighted by Crippen LogP contribution is 2.19. The molecule has 0 saturated heterocycles. The Balaban J connectivity index is 1.77. The highest BCUT2D eigenvalue weighted by molar-refractivity contribution is 5.97. The van der Waals surface area contributed by atoms with E-state index in [1.54, 1.807) is 17.1 Å². The van der Waals surface area contributed by atoms with Crippen LogP contribution in [0.5, 0.6) is 0 Å². The molecule has 0 aliphatic rings. The monoisotopic (exact) mass is 416 g/mol. The number of nitrogens with one attached hydrogen (secondary N) is 2. The molecule has 3 aromatic rings. The van der Waals surface area contributed by atoms with Crippen LogP contribution >= 0.6 is 0 Å². The van der Waals surface area contributed by atoms with Crippen LogP contribution in [0.2, 0.25) is 0 Å². The maximum atomic E-state index is 13.9. The Hall–Kier alpha value is -3.60. The molecule has 1 aromatic carbocycles. The van der Waals surface area contributed by atoms with E-state index in [4.69, 9.17) is 5.73 Å². The average Bonchev–Trinajstić information content (AvgIpc) is 3.13. The summed E-state index contributed by atoms with van der Waals surface area (Å²) < 4.78 is 29.5. The van der Waals surface area contributed by atoms with E-state index >= 15 is 0 Å². The van der Waals surface area contributed by atoms with Crippen LogP contribution in [-0.2, 0) is 13.1 Å². The highest BCUT2D eigenvalue weighted by atomic mass is 19.1. The Bertz CT molecular complexity index is 1020. The van der Waals surface area contributed by atoms with Gasteiger partial charge in [0.15, 0.2) is 0 Å². The molecule has 0 radical (unpaired) electrons. The van der Waals surface area contributed by atoms with E-state index in [1.807, 2.05) is 19.0 Å². The lowest BCUT2D eigenvalue weighted by molar-refractivity contribution is 0.100. The van der Waals surface area contributed by atoms with Crippen molar-refractivity contribution in [2.75, 3.05) is 31.3 Å². The first-order valence-electron chi connectivity index (χ1n) is 9.11. The van der Waals surface area contributed by atoms with E-state index in [0.29, 0.717) is 12.2 Å². The minimum atomic E-state index is -0.769.